The quantitative estimate of drug-likeness (QED) is 0.897. The highest BCUT2D eigenvalue weighted by atomic mass is 35.5. The second-order valence-electron chi connectivity index (χ2n) is 6.22. The first kappa shape index (κ1) is 17.8. The highest BCUT2D eigenvalue weighted by Gasteiger charge is 2.24. The fourth-order valence-electron chi connectivity index (χ4n) is 3.15. The molecule has 0 spiro atoms. The third-order valence-electron chi connectivity index (χ3n) is 4.52. The van der Waals surface area contributed by atoms with Crippen molar-refractivity contribution in [2.45, 2.75) is 44.9 Å². The Labute approximate surface area is 143 Å². The highest BCUT2D eigenvalue weighted by molar-refractivity contribution is 6.30. The predicted molar refractivity (Wildman–Crippen MR) is 92.7 cm³/mol. The lowest BCUT2D eigenvalue weighted by atomic mass is 9.88. The van der Waals surface area contributed by atoms with Crippen LogP contribution in [0.1, 0.15) is 49.1 Å². The van der Waals surface area contributed by atoms with Gasteiger partial charge in [0.15, 0.2) is 0 Å². The molecule has 0 aromatic heterocycles. The molecule has 1 aliphatic heterocycles. The SMILES string of the molecule is CNC(=O)C[C@H](CC(=O)N1CCCCC1)c1cc(Cl)ccc1C. The van der Waals surface area contributed by atoms with E-state index < -0.39 is 0 Å². The summed E-state index contributed by atoms with van der Waals surface area (Å²) < 4.78 is 0. The number of likely N-dealkylation sites (tertiary alicyclic amines) is 1. The Balaban J connectivity index is 2.17. The molecule has 0 aliphatic carbocycles. The molecule has 1 atom stereocenters. The van der Waals surface area contributed by atoms with Gasteiger partial charge >= 0.3 is 0 Å². The molecule has 0 unspecified atom stereocenters. The molecular weight excluding hydrogens is 312 g/mol. The molecule has 5 heteroatoms. The smallest absolute Gasteiger partial charge is 0.223 e. The summed E-state index contributed by atoms with van der Waals surface area (Å²) in [5, 5.41) is 3.29. The molecule has 1 saturated heterocycles. The highest BCUT2D eigenvalue weighted by Crippen LogP contribution is 2.30. The largest absolute Gasteiger partial charge is 0.359 e. The monoisotopic (exact) mass is 336 g/mol. The molecule has 23 heavy (non-hydrogen) atoms. The number of hydrogen-bond donors (Lipinski definition) is 1. The Morgan fingerprint density at radius 2 is 1.91 bits per heavy atom. The van der Waals surface area contributed by atoms with Gasteiger partial charge in [0.05, 0.1) is 0 Å². The summed E-state index contributed by atoms with van der Waals surface area (Å²) in [6.07, 6.45) is 3.99. The van der Waals surface area contributed by atoms with Crippen molar-refractivity contribution in [2.75, 3.05) is 20.1 Å². The van der Waals surface area contributed by atoms with Gasteiger partial charge in [0, 0.05) is 43.9 Å². The maximum atomic E-state index is 12.6. The van der Waals surface area contributed by atoms with Gasteiger partial charge < -0.3 is 10.2 Å². The van der Waals surface area contributed by atoms with E-state index in [1.165, 1.54) is 6.42 Å². The van der Waals surface area contributed by atoms with Crippen LogP contribution in [0.4, 0.5) is 0 Å². The Morgan fingerprint density at radius 3 is 2.57 bits per heavy atom. The third-order valence-corrected chi connectivity index (χ3v) is 4.76. The van der Waals surface area contributed by atoms with Crippen LogP contribution >= 0.6 is 11.6 Å². The average molecular weight is 337 g/mol. The molecule has 1 aromatic carbocycles. The lowest BCUT2D eigenvalue weighted by Crippen LogP contribution is -2.36. The number of halogens is 1. The Bertz CT molecular complexity index is 568. The standard InChI is InChI=1S/C18H25ClN2O2/c1-13-6-7-15(19)12-16(13)14(10-17(22)20-2)11-18(23)21-8-4-3-5-9-21/h6-7,12,14H,3-5,8-11H2,1-2H3,(H,20,22)/t14-/m1/s1. The van der Waals surface area contributed by atoms with Gasteiger partial charge in [-0.3, -0.25) is 9.59 Å². The molecule has 1 aliphatic rings. The average Bonchev–Trinajstić information content (AvgIpc) is 2.57. The zero-order chi connectivity index (χ0) is 16.8. The zero-order valence-electron chi connectivity index (χ0n) is 13.9. The van der Waals surface area contributed by atoms with Crippen molar-refractivity contribution in [1.29, 1.82) is 0 Å². The van der Waals surface area contributed by atoms with E-state index in [4.69, 9.17) is 11.6 Å². The molecule has 1 fully saturated rings. The minimum atomic E-state index is -0.136. The van der Waals surface area contributed by atoms with Crippen molar-refractivity contribution in [3.05, 3.63) is 34.3 Å². The summed E-state index contributed by atoms with van der Waals surface area (Å²) in [4.78, 5) is 26.4. The van der Waals surface area contributed by atoms with E-state index in [1.807, 2.05) is 30.0 Å². The number of piperidine rings is 1. The number of nitrogens with one attached hydrogen (secondary N) is 1. The van der Waals surface area contributed by atoms with Gasteiger partial charge in [0.25, 0.3) is 0 Å². The number of aryl methyl sites for hydroxylation is 1. The summed E-state index contributed by atoms with van der Waals surface area (Å²) in [7, 11) is 1.62. The van der Waals surface area contributed by atoms with Crippen LogP contribution in [-0.4, -0.2) is 36.9 Å². The molecule has 1 aromatic rings. The number of carbonyl (C=O) groups excluding carboxylic acids is 2. The van der Waals surface area contributed by atoms with E-state index in [1.54, 1.807) is 7.05 Å². The van der Waals surface area contributed by atoms with Gasteiger partial charge in [-0.15, -0.1) is 0 Å². The van der Waals surface area contributed by atoms with Crippen molar-refractivity contribution in [2.24, 2.45) is 0 Å². The minimum absolute atomic E-state index is 0.0548. The molecule has 1 N–H and O–H groups in total. The first-order valence-electron chi connectivity index (χ1n) is 8.25. The lowest BCUT2D eigenvalue weighted by molar-refractivity contribution is -0.132. The summed E-state index contributed by atoms with van der Waals surface area (Å²) in [5.41, 5.74) is 2.06. The normalized spacial score (nSPS) is 16.0. The van der Waals surface area contributed by atoms with Gasteiger partial charge in [0.2, 0.25) is 11.8 Å². The molecule has 2 rings (SSSR count). The minimum Gasteiger partial charge on any atom is -0.359 e. The summed E-state index contributed by atoms with van der Waals surface area (Å²) >= 11 is 6.12. The lowest BCUT2D eigenvalue weighted by Gasteiger charge is -2.29. The topological polar surface area (TPSA) is 49.4 Å². The number of rotatable bonds is 5. The number of benzene rings is 1. The Kier molecular flexibility index (Phi) is 6.46. The summed E-state index contributed by atoms with van der Waals surface area (Å²) in [5.74, 6) is -0.0538. The number of hydrogen-bond acceptors (Lipinski definition) is 2. The van der Waals surface area contributed by atoms with E-state index in [9.17, 15) is 9.59 Å². The van der Waals surface area contributed by atoms with Gasteiger partial charge in [-0.1, -0.05) is 17.7 Å². The molecule has 0 bridgehead atoms. The third kappa shape index (κ3) is 4.96. The van der Waals surface area contributed by atoms with Crippen LogP contribution in [0, 0.1) is 6.92 Å². The van der Waals surface area contributed by atoms with Crippen LogP contribution in [0.3, 0.4) is 0 Å². The van der Waals surface area contributed by atoms with Crippen LogP contribution in [-0.2, 0) is 9.59 Å². The van der Waals surface area contributed by atoms with Crippen molar-refractivity contribution in [3.8, 4) is 0 Å². The molecular formula is C18H25ClN2O2. The zero-order valence-corrected chi connectivity index (χ0v) is 14.7. The number of amides is 2. The van der Waals surface area contributed by atoms with Gasteiger partial charge in [0.1, 0.15) is 0 Å². The fraction of sp³-hybridized carbons (Fsp3) is 0.556. The van der Waals surface area contributed by atoms with Crippen LogP contribution in [0.5, 0.6) is 0 Å². The summed E-state index contributed by atoms with van der Waals surface area (Å²) in [6, 6.07) is 5.66. The first-order valence-corrected chi connectivity index (χ1v) is 8.63. The van der Waals surface area contributed by atoms with Crippen LogP contribution in [0.2, 0.25) is 5.02 Å². The number of carbonyl (C=O) groups is 2. The van der Waals surface area contributed by atoms with Crippen molar-refractivity contribution in [1.82, 2.24) is 10.2 Å². The molecule has 1 heterocycles. The Morgan fingerprint density at radius 1 is 1.22 bits per heavy atom. The maximum absolute atomic E-state index is 12.6. The first-order chi connectivity index (χ1) is 11.0. The maximum Gasteiger partial charge on any atom is 0.223 e. The second kappa shape index (κ2) is 8.34. The summed E-state index contributed by atoms with van der Waals surface area (Å²) in [6.45, 7) is 3.66. The van der Waals surface area contributed by atoms with Crippen molar-refractivity contribution >= 4 is 23.4 Å². The Hall–Kier alpha value is -1.55. The van der Waals surface area contributed by atoms with Crippen molar-refractivity contribution in [3.63, 3.8) is 0 Å². The molecule has 126 valence electrons. The van der Waals surface area contributed by atoms with Gasteiger partial charge in [-0.2, -0.15) is 0 Å². The van der Waals surface area contributed by atoms with Crippen LogP contribution < -0.4 is 5.32 Å². The van der Waals surface area contributed by atoms with Crippen LogP contribution in [0.15, 0.2) is 18.2 Å². The van der Waals surface area contributed by atoms with Gasteiger partial charge in [-0.05, 0) is 49.4 Å². The molecule has 4 nitrogen and oxygen atoms in total. The van der Waals surface area contributed by atoms with E-state index >= 15 is 0 Å². The van der Waals surface area contributed by atoms with E-state index in [2.05, 4.69) is 5.32 Å². The van der Waals surface area contributed by atoms with Crippen molar-refractivity contribution < 1.29 is 9.59 Å². The van der Waals surface area contributed by atoms with E-state index in [-0.39, 0.29) is 17.7 Å². The molecule has 0 saturated carbocycles. The van der Waals surface area contributed by atoms with E-state index in [0.29, 0.717) is 17.9 Å². The second-order valence-corrected chi connectivity index (χ2v) is 6.66. The molecule has 0 radical (unpaired) electrons. The number of nitrogens with zero attached hydrogens (tertiary/aromatic N) is 1. The predicted octanol–water partition coefficient (Wildman–Crippen LogP) is 3.27. The van der Waals surface area contributed by atoms with E-state index in [0.717, 1.165) is 37.1 Å². The van der Waals surface area contributed by atoms with Gasteiger partial charge in [-0.25, -0.2) is 0 Å². The fourth-order valence-corrected chi connectivity index (χ4v) is 3.33. The van der Waals surface area contributed by atoms with Crippen LogP contribution in [0.25, 0.3) is 0 Å². The molecule has 2 amide bonds.